The predicted molar refractivity (Wildman–Crippen MR) is 92.8 cm³/mol. The summed E-state index contributed by atoms with van der Waals surface area (Å²) in [4.78, 5) is 3.18. The average molecular weight is 325 g/mol. The molecule has 1 aliphatic heterocycles. The molecule has 0 spiro atoms. The Labute approximate surface area is 141 Å². The molecule has 2 rings (SSSR count). The van der Waals surface area contributed by atoms with Crippen LogP contribution in [0.3, 0.4) is 0 Å². The van der Waals surface area contributed by atoms with Crippen molar-refractivity contribution in [1.29, 1.82) is 0 Å². The molecule has 132 valence electrons. The molecule has 2 heterocycles. The highest BCUT2D eigenvalue weighted by Gasteiger charge is 2.45. The van der Waals surface area contributed by atoms with E-state index in [4.69, 9.17) is 9.15 Å². The van der Waals surface area contributed by atoms with Crippen molar-refractivity contribution < 1.29 is 19.0 Å². The van der Waals surface area contributed by atoms with Crippen LogP contribution in [0.15, 0.2) is 22.8 Å². The number of quaternary nitrogens is 2. The molecule has 0 radical (unpaired) electrons. The molecule has 2 atom stereocenters. The van der Waals surface area contributed by atoms with Crippen LogP contribution in [-0.2, 0) is 11.3 Å². The fraction of sp³-hybridized carbons (Fsp3) is 0.789. The normalized spacial score (nSPS) is 25.7. The minimum atomic E-state index is -0.00426. The largest absolute Gasteiger partial charge is 0.463 e. The smallest absolute Gasteiger partial charge is 0.157 e. The van der Waals surface area contributed by atoms with Crippen LogP contribution in [-0.4, -0.2) is 45.9 Å². The van der Waals surface area contributed by atoms with Gasteiger partial charge in [0.25, 0.3) is 0 Å². The molecule has 23 heavy (non-hydrogen) atoms. The molecule has 0 bridgehead atoms. The molecule has 1 aromatic rings. The van der Waals surface area contributed by atoms with E-state index in [0.29, 0.717) is 5.41 Å². The van der Waals surface area contributed by atoms with E-state index < -0.39 is 0 Å². The third kappa shape index (κ3) is 5.63. The molecule has 0 saturated carbocycles. The minimum absolute atomic E-state index is 0.00426. The van der Waals surface area contributed by atoms with Crippen LogP contribution in [0.2, 0.25) is 0 Å². The summed E-state index contributed by atoms with van der Waals surface area (Å²) in [5.74, 6) is 1.10. The molecule has 2 N–H and O–H groups in total. The number of rotatable bonds is 8. The second-order valence-corrected chi connectivity index (χ2v) is 8.35. The van der Waals surface area contributed by atoms with E-state index in [1.54, 1.807) is 11.2 Å². The van der Waals surface area contributed by atoms with E-state index >= 15 is 0 Å². The van der Waals surface area contributed by atoms with Crippen LogP contribution in [0, 0.1) is 5.41 Å². The van der Waals surface area contributed by atoms with Crippen molar-refractivity contribution in [3.05, 3.63) is 24.2 Å². The van der Waals surface area contributed by atoms with Crippen molar-refractivity contribution in [2.75, 3.05) is 40.3 Å². The van der Waals surface area contributed by atoms with Crippen molar-refractivity contribution in [3.63, 3.8) is 0 Å². The maximum Gasteiger partial charge on any atom is 0.157 e. The van der Waals surface area contributed by atoms with Crippen LogP contribution in [0.25, 0.3) is 0 Å². The van der Waals surface area contributed by atoms with E-state index in [1.165, 1.54) is 37.4 Å². The first-order valence-corrected chi connectivity index (χ1v) is 9.13. The Bertz CT molecular complexity index is 456. The lowest BCUT2D eigenvalue weighted by molar-refractivity contribution is -0.932. The molecule has 4 heteroatoms. The molecule has 1 unspecified atom stereocenters. The van der Waals surface area contributed by atoms with Gasteiger partial charge in [-0.3, -0.25) is 0 Å². The van der Waals surface area contributed by atoms with E-state index in [1.807, 2.05) is 6.07 Å². The highest BCUT2D eigenvalue weighted by molar-refractivity contribution is 4.96. The molecular formula is C19H36N2O2+2. The fourth-order valence-electron chi connectivity index (χ4n) is 4.48. The van der Waals surface area contributed by atoms with Gasteiger partial charge in [0.1, 0.15) is 6.54 Å². The fourth-order valence-corrected chi connectivity index (χ4v) is 4.48. The zero-order valence-corrected chi connectivity index (χ0v) is 15.7. The third-order valence-corrected chi connectivity index (χ3v) is 4.89. The summed E-state index contributed by atoms with van der Waals surface area (Å²) in [6.07, 6.45) is 5.32. The zero-order valence-electron chi connectivity index (χ0n) is 15.7. The first-order chi connectivity index (χ1) is 10.8. The van der Waals surface area contributed by atoms with Gasteiger partial charge >= 0.3 is 0 Å². The Balaban J connectivity index is 2.13. The summed E-state index contributed by atoms with van der Waals surface area (Å²) in [5.41, 5.74) is 0.355. The number of nitrogens with one attached hydrogen (secondary N) is 2. The molecular weight excluding hydrogens is 288 g/mol. The van der Waals surface area contributed by atoms with Gasteiger partial charge in [-0.05, 0) is 45.2 Å². The van der Waals surface area contributed by atoms with E-state index in [2.05, 4.69) is 40.9 Å². The second-order valence-electron chi connectivity index (χ2n) is 8.35. The van der Waals surface area contributed by atoms with Gasteiger partial charge in [0.2, 0.25) is 0 Å². The summed E-state index contributed by atoms with van der Waals surface area (Å²) < 4.78 is 11.6. The molecule has 0 aromatic carbocycles. The minimum Gasteiger partial charge on any atom is -0.463 e. The van der Waals surface area contributed by atoms with Gasteiger partial charge in [-0.1, -0.05) is 6.92 Å². The maximum atomic E-state index is 6.01. The number of ether oxygens (including phenoxy) is 1. The SMILES string of the molecule is CCC[NH+](Cc1ccco1)C[C@@]1(C[NH+](C)C)CCOC(C)(C)C1. The Morgan fingerprint density at radius 2 is 2.00 bits per heavy atom. The number of furan rings is 1. The lowest BCUT2D eigenvalue weighted by Crippen LogP contribution is -3.14. The van der Waals surface area contributed by atoms with Crippen molar-refractivity contribution in [1.82, 2.24) is 0 Å². The van der Waals surface area contributed by atoms with E-state index in [-0.39, 0.29) is 5.60 Å². The average Bonchev–Trinajstić information content (AvgIpc) is 2.89. The van der Waals surface area contributed by atoms with Crippen molar-refractivity contribution >= 4 is 0 Å². The highest BCUT2D eigenvalue weighted by Crippen LogP contribution is 2.37. The molecule has 1 saturated heterocycles. The quantitative estimate of drug-likeness (QED) is 0.741. The first kappa shape index (κ1) is 18.5. The maximum absolute atomic E-state index is 6.01. The van der Waals surface area contributed by atoms with Crippen molar-refractivity contribution in [3.8, 4) is 0 Å². The van der Waals surface area contributed by atoms with Crippen LogP contribution >= 0.6 is 0 Å². The van der Waals surface area contributed by atoms with Gasteiger partial charge in [0.05, 0.1) is 51.0 Å². The Hall–Kier alpha value is -0.840. The lowest BCUT2D eigenvalue weighted by atomic mass is 9.73. The Kier molecular flexibility index (Phi) is 6.29. The van der Waals surface area contributed by atoms with Gasteiger partial charge in [0.15, 0.2) is 5.76 Å². The van der Waals surface area contributed by atoms with Crippen LogP contribution in [0.4, 0.5) is 0 Å². The molecule has 1 aliphatic rings. The van der Waals surface area contributed by atoms with Gasteiger partial charge in [0, 0.05) is 6.61 Å². The topological polar surface area (TPSA) is 31.3 Å². The Morgan fingerprint density at radius 3 is 2.57 bits per heavy atom. The van der Waals surface area contributed by atoms with Gasteiger partial charge in [-0.25, -0.2) is 0 Å². The number of hydrogen-bond acceptors (Lipinski definition) is 2. The third-order valence-electron chi connectivity index (χ3n) is 4.89. The van der Waals surface area contributed by atoms with E-state index in [9.17, 15) is 0 Å². The van der Waals surface area contributed by atoms with Crippen LogP contribution < -0.4 is 9.80 Å². The monoisotopic (exact) mass is 324 g/mol. The summed E-state index contributed by atoms with van der Waals surface area (Å²) >= 11 is 0. The van der Waals surface area contributed by atoms with Crippen LogP contribution in [0.5, 0.6) is 0 Å². The predicted octanol–water partition coefficient (Wildman–Crippen LogP) is 0.794. The Morgan fingerprint density at radius 1 is 1.22 bits per heavy atom. The first-order valence-electron chi connectivity index (χ1n) is 9.13. The summed E-state index contributed by atoms with van der Waals surface area (Å²) in [5, 5.41) is 0. The number of hydrogen-bond donors (Lipinski definition) is 2. The van der Waals surface area contributed by atoms with Gasteiger partial charge < -0.3 is 19.0 Å². The standard InChI is InChI=1S/C19H34N2O2/c1-6-10-21(13-17-8-7-11-22-17)16-19(15-20(4)5)9-12-23-18(2,3)14-19/h7-8,11H,6,9-10,12-16H2,1-5H3/p+2/t19-/m0/s1. The summed E-state index contributed by atoms with van der Waals surface area (Å²) in [6.45, 7) is 12.3. The van der Waals surface area contributed by atoms with Crippen molar-refractivity contribution in [2.45, 2.75) is 52.2 Å². The molecule has 1 fully saturated rings. The molecule has 1 aromatic heterocycles. The highest BCUT2D eigenvalue weighted by atomic mass is 16.5. The van der Waals surface area contributed by atoms with Gasteiger partial charge in [-0.2, -0.15) is 0 Å². The van der Waals surface area contributed by atoms with Crippen LogP contribution in [0.1, 0.15) is 45.8 Å². The lowest BCUT2D eigenvalue weighted by Gasteiger charge is -2.45. The zero-order chi connectivity index (χ0) is 16.9. The second kappa shape index (κ2) is 7.82. The summed E-state index contributed by atoms with van der Waals surface area (Å²) in [6, 6.07) is 4.10. The van der Waals surface area contributed by atoms with Gasteiger partial charge in [-0.15, -0.1) is 0 Å². The van der Waals surface area contributed by atoms with Crippen molar-refractivity contribution in [2.24, 2.45) is 5.41 Å². The summed E-state index contributed by atoms with van der Waals surface area (Å²) in [7, 11) is 4.55. The molecule has 0 amide bonds. The molecule has 4 nitrogen and oxygen atoms in total. The van der Waals surface area contributed by atoms with E-state index in [0.717, 1.165) is 25.3 Å². The molecule has 0 aliphatic carbocycles.